The van der Waals surface area contributed by atoms with Gasteiger partial charge in [-0.3, -0.25) is 0 Å². The van der Waals surface area contributed by atoms with E-state index in [1.165, 1.54) is 109 Å². The molecule has 0 radical (unpaired) electrons. The number of likely N-dealkylation sites (N-methyl/N-ethyl adjacent to an activating group) is 1. The second kappa shape index (κ2) is 20.2. The van der Waals surface area contributed by atoms with E-state index < -0.39 is 0 Å². The Labute approximate surface area is 160 Å². The van der Waals surface area contributed by atoms with Crippen molar-refractivity contribution in [3.8, 4) is 0 Å². The first-order valence-corrected chi connectivity index (χ1v) is 11.5. The summed E-state index contributed by atoms with van der Waals surface area (Å²) in [6, 6.07) is 0.617. The Kier molecular flexibility index (Phi) is 20.2. The number of hydrogen-bond acceptors (Lipinski definition) is 2. The molecule has 0 spiro atoms. The van der Waals surface area contributed by atoms with Crippen LogP contribution in [0.15, 0.2) is 0 Å². The van der Waals surface area contributed by atoms with Gasteiger partial charge in [0.05, 0.1) is 0 Å². The molecule has 0 saturated heterocycles. The Bertz CT molecular complexity index is 240. The van der Waals surface area contributed by atoms with Crippen LogP contribution in [0.3, 0.4) is 0 Å². The lowest BCUT2D eigenvalue weighted by atomic mass is 10.0. The maximum atomic E-state index is 3.62. The zero-order chi connectivity index (χ0) is 18.6. The van der Waals surface area contributed by atoms with E-state index in [0.717, 1.165) is 6.54 Å². The summed E-state index contributed by atoms with van der Waals surface area (Å²) in [7, 11) is 4.29. The van der Waals surface area contributed by atoms with E-state index in [-0.39, 0.29) is 0 Å². The van der Waals surface area contributed by atoms with E-state index in [2.05, 4.69) is 38.2 Å². The molecule has 0 rings (SSSR count). The number of hydrogen-bond donors (Lipinski definition) is 1. The predicted molar refractivity (Wildman–Crippen MR) is 116 cm³/mol. The summed E-state index contributed by atoms with van der Waals surface area (Å²) in [6.45, 7) is 6.91. The molecule has 2 heteroatoms. The summed E-state index contributed by atoms with van der Waals surface area (Å²) in [5, 5.41) is 3.62. The van der Waals surface area contributed by atoms with E-state index >= 15 is 0 Å². The summed E-state index contributed by atoms with van der Waals surface area (Å²) >= 11 is 0. The summed E-state index contributed by atoms with van der Waals surface area (Å²) in [5.74, 6) is 0. The van der Waals surface area contributed by atoms with Crippen LogP contribution in [0.1, 0.15) is 117 Å². The molecule has 0 saturated carbocycles. The zero-order valence-electron chi connectivity index (χ0n) is 18.3. The highest BCUT2D eigenvalue weighted by atomic mass is 15.1. The third-order valence-corrected chi connectivity index (χ3v) is 5.16. The molecule has 2 nitrogen and oxygen atoms in total. The fourth-order valence-corrected chi connectivity index (χ4v) is 3.63. The van der Waals surface area contributed by atoms with Crippen LogP contribution in [-0.2, 0) is 0 Å². The fourth-order valence-electron chi connectivity index (χ4n) is 3.63. The minimum Gasteiger partial charge on any atom is -0.313 e. The molecule has 1 unspecified atom stereocenters. The first-order valence-electron chi connectivity index (χ1n) is 11.5. The molecule has 1 N–H and O–H groups in total. The Balaban J connectivity index is 3.05. The van der Waals surface area contributed by atoms with E-state index in [4.69, 9.17) is 0 Å². The quantitative estimate of drug-likeness (QED) is 0.242. The maximum absolute atomic E-state index is 3.62. The summed E-state index contributed by atoms with van der Waals surface area (Å²) in [5.41, 5.74) is 0. The lowest BCUT2D eigenvalue weighted by Gasteiger charge is -2.18. The SMILES string of the molecule is CCCCCCCCCCCCCCCCCCNC(C)CN(C)C. The Morgan fingerprint density at radius 2 is 0.960 bits per heavy atom. The first kappa shape index (κ1) is 24.9. The van der Waals surface area contributed by atoms with Crippen LogP contribution in [0.25, 0.3) is 0 Å². The average molecular weight is 355 g/mol. The lowest BCUT2D eigenvalue weighted by molar-refractivity contribution is 0.348. The lowest BCUT2D eigenvalue weighted by Crippen LogP contribution is -2.36. The highest BCUT2D eigenvalue weighted by molar-refractivity contribution is 4.63. The molecule has 25 heavy (non-hydrogen) atoms. The number of rotatable bonds is 20. The number of unbranched alkanes of at least 4 members (excludes halogenated alkanes) is 15. The number of nitrogens with zero attached hydrogens (tertiary/aromatic N) is 1. The third-order valence-electron chi connectivity index (χ3n) is 5.16. The van der Waals surface area contributed by atoms with E-state index in [9.17, 15) is 0 Å². The van der Waals surface area contributed by atoms with Crippen molar-refractivity contribution in [1.29, 1.82) is 0 Å². The van der Waals surface area contributed by atoms with Crippen molar-refractivity contribution in [2.75, 3.05) is 27.2 Å². The van der Waals surface area contributed by atoms with Gasteiger partial charge in [0.2, 0.25) is 0 Å². The van der Waals surface area contributed by atoms with Crippen molar-refractivity contribution in [1.82, 2.24) is 10.2 Å². The molecule has 0 heterocycles. The number of nitrogens with one attached hydrogen (secondary N) is 1. The van der Waals surface area contributed by atoms with Gasteiger partial charge < -0.3 is 10.2 Å². The van der Waals surface area contributed by atoms with Crippen LogP contribution >= 0.6 is 0 Å². The molecule has 0 aliphatic carbocycles. The minimum absolute atomic E-state index is 0.617. The second-order valence-electron chi connectivity index (χ2n) is 8.42. The highest BCUT2D eigenvalue weighted by Gasteiger charge is 2.01. The molecule has 0 aromatic heterocycles. The van der Waals surface area contributed by atoms with E-state index in [1.807, 2.05) is 0 Å². The van der Waals surface area contributed by atoms with Gasteiger partial charge in [-0.1, -0.05) is 103 Å². The molecule has 0 amide bonds. The van der Waals surface area contributed by atoms with Gasteiger partial charge in [0.1, 0.15) is 0 Å². The van der Waals surface area contributed by atoms with Crippen LogP contribution in [0.5, 0.6) is 0 Å². The Hall–Kier alpha value is -0.0800. The van der Waals surface area contributed by atoms with E-state index in [0.29, 0.717) is 6.04 Å². The molecule has 0 bridgehead atoms. The monoisotopic (exact) mass is 354 g/mol. The molecule has 1 atom stereocenters. The predicted octanol–water partition coefficient (Wildman–Crippen LogP) is 6.79. The summed E-state index contributed by atoms with van der Waals surface area (Å²) < 4.78 is 0. The molecule has 152 valence electrons. The third kappa shape index (κ3) is 21.9. The van der Waals surface area contributed by atoms with Crippen molar-refractivity contribution < 1.29 is 0 Å². The van der Waals surface area contributed by atoms with Crippen molar-refractivity contribution in [3.63, 3.8) is 0 Å². The largest absolute Gasteiger partial charge is 0.313 e. The van der Waals surface area contributed by atoms with Crippen LogP contribution in [0.2, 0.25) is 0 Å². The van der Waals surface area contributed by atoms with Gasteiger partial charge >= 0.3 is 0 Å². The molecule has 0 fully saturated rings. The van der Waals surface area contributed by atoms with Crippen LogP contribution < -0.4 is 5.32 Å². The molecular formula is C23H50N2. The molecule has 0 aromatic rings. The minimum atomic E-state index is 0.617. The zero-order valence-corrected chi connectivity index (χ0v) is 18.3. The second-order valence-corrected chi connectivity index (χ2v) is 8.42. The van der Waals surface area contributed by atoms with Gasteiger partial charge in [-0.2, -0.15) is 0 Å². The van der Waals surface area contributed by atoms with Gasteiger partial charge in [-0.15, -0.1) is 0 Å². The van der Waals surface area contributed by atoms with Crippen LogP contribution in [0, 0.1) is 0 Å². The van der Waals surface area contributed by atoms with Gasteiger partial charge in [0.25, 0.3) is 0 Å². The normalized spacial score (nSPS) is 12.8. The average Bonchev–Trinajstić information content (AvgIpc) is 2.57. The highest BCUT2D eigenvalue weighted by Crippen LogP contribution is 2.13. The smallest absolute Gasteiger partial charge is 0.0166 e. The van der Waals surface area contributed by atoms with Gasteiger partial charge in [0.15, 0.2) is 0 Å². The molecule has 0 aliphatic heterocycles. The summed E-state index contributed by atoms with van der Waals surface area (Å²) in [6.07, 6.45) is 23.1. The van der Waals surface area contributed by atoms with Crippen molar-refractivity contribution in [2.24, 2.45) is 0 Å². The Morgan fingerprint density at radius 1 is 0.600 bits per heavy atom. The van der Waals surface area contributed by atoms with Gasteiger partial charge in [-0.25, -0.2) is 0 Å². The Morgan fingerprint density at radius 3 is 1.32 bits per heavy atom. The fraction of sp³-hybridized carbons (Fsp3) is 1.00. The maximum Gasteiger partial charge on any atom is 0.0166 e. The molecular weight excluding hydrogens is 304 g/mol. The molecule has 0 aromatic carbocycles. The molecule has 0 aliphatic rings. The van der Waals surface area contributed by atoms with Crippen molar-refractivity contribution in [3.05, 3.63) is 0 Å². The van der Waals surface area contributed by atoms with E-state index in [1.54, 1.807) is 0 Å². The van der Waals surface area contributed by atoms with Crippen molar-refractivity contribution in [2.45, 2.75) is 123 Å². The van der Waals surface area contributed by atoms with Crippen molar-refractivity contribution >= 4 is 0 Å². The van der Waals surface area contributed by atoms with Gasteiger partial charge in [0, 0.05) is 12.6 Å². The van der Waals surface area contributed by atoms with Gasteiger partial charge in [-0.05, 0) is 34.0 Å². The van der Waals surface area contributed by atoms with Crippen LogP contribution in [-0.4, -0.2) is 38.1 Å². The topological polar surface area (TPSA) is 15.3 Å². The first-order chi connectivity index (χ1) is 12.2. The summed E-state index contributed by atoms with van der Waals surface area (Å²) in [4.78, 5) is 2.26. The standard InChI is InChI=1S/C23H50N2/c1-5-6-7-8-9-10-11-12-13-14-15-16-17-18-19-20-21-24-23(2)22-25(3)4/h23-24H,5-22H2,1-4H3. The van der Waals surface area contributed by atoms with Crippen LogP contribution in [0.4, 0.5) is 0 Å².